The molecule has 7 heteroatoms. The van der Waals surface area contributed by atoms with Gasteiger partial charge in [-0.05, 0) is 27.7 Å². The fourth-order valence-electron chi connectivity index (χ4n) is 3.45. The van der Waals surface area contributed by atoms with Crippen LogP contribution in [0.3, 0.4) is 0 Å². The van der Waals surface area contributed by atoms with Crippen molar-refractivity contribution < 1.29 is 34.8 Å². The van der Waals surface area contributed by atoms with Gasteiger partial charge in [0.05, 0.1) is 17.2 Å². The summed E-state index contributed by atoms with van der Waals surface area (Å²) in [6.07, 6.45) is -0.0575. The van der Waals surface area contributed by atoms with Crippen LogP contribution in [0.5, 0.6) is 17.2 Å². The first-order valence-corrected chi connectivity index (χ1v) is 7.69. The molecule has 1 aromatic carbocycles. The summed E-state index contributed by atoms with van der Waals surface area (Å²) in [5.74, 6) is -2.49. The molecule has 1 aliphatic carbocycles. The minimum atomic E-state index is -1.53. The zero-order chi connectivity index (χ0) is 18.8. The van der Waals surface area contributed by atoms with E-state index in [0.717, 1.165) is 0 Å². The number of hydrogen-bond donors (Lipinski definition) is 4. The normalized spacial score (nSPS) is 22.9. The second-order valence-corrected chi connectivity index (χ2v) is 6.50. The molecule has 0 fully saturated rings. The molecule has 0 bridgehead atoms. The average molecular weight is 346 g/mol. The van der Waals surface area contributed by atoms with Crippen molar-refractivity contribution in [2.24, 2.45) is 0 Å². The van der Waals surface area contributed by atoms with Crippen molar-refractivity contribution in [1.29, 1.82) is 0 Å². The second-order valence-electron chi connectivity index (χ2n) is 6.50. The van der Waals surface area contributed by atoms with Crippen LogP contribution < -0.4 is 4.74 Å². The Bertz CT molecular complexity index is 905. The number of aliphatic hydroxyl groups is 2. The zero-order valence-corrected chi connectivity index (χ0v) is 14.2. The number of ether oxygens (including phenoxy) is 1. The molecule has 0 radical (unpaired) electrons. The largest absolute Gasteiger partial charge is 0.507 e. The standard InChI is InChI=1S/C18H18O7/c1-6-14(22)12(8(3)20)16-13(15(6)23)18(4)10(25-16)5-9(21)11(7(2)19)17(18)24/h5,7,19,21-23H,1-4H3. The topological polar surface area (TPSA) is 124 Å². The van der Waals surface area contributed by atoms with E-state index < -0.39 is 34.6 Å². The average Bonchev–Trinajstić information content (AvgIpc) is 2.78. The van der Waals surface area contributed by atoms with Crippen molar-refractivity contribution in [2.75, 3.05) is 0 Å². The van der Waals surface area contributed by atoms with Crippen LogP contribution in [-0.4, -0.2) is 38.1 Å². The van der Waals surface area contributed by atoms with Gasteiger partial charge in [0.2, 0.25) is 0 Å². The van der Waals surface area contributed by atoms with Crippen molar-refractivity contribution in [2.45, 2.75) is 39.2 Å². The summed E-state index contributed by atoms with van der Waals surface area (Å²) in [6.45, 7) is 5.46. The molecule has 0 aromatic heterocycles. The predicted octanol–water partition coefficient (Wildman–Crippen LogP) is 1.92. The number of ketones is 2. The summed E-state index contributed by atoms with van der Waals surface area (Å²) in [5.41, 5.74) is -1.80. The molecule has 1 heterocycles. The van der Waals surface area contributed by atoms with E-state index in [-0.39, 0.29) is 39.5 Å². The number of rotatable bonds is 2. The first-order chi connectivity index (χ1) is 11.5. The molecule has 25 heavy (non-hydrogen) atoms. The third-order valence-corrected chi connectivity index (χ3v) is 4.86. The summed E-state index contributed by atoms with van der Waals surface area (Å²) in [7, 11) is 0. The number of aromatic hydroxyl groups is 2. The number of fused-ring (bicyclic) bond motifs is 3. The fraction of sp³-hybridized carbons (Fsp3) is 0.333. The Hall–Kier alpha value is -2.80. The molecular weight excluding hydrogens is 328 g/mol. The van der Waals surface area contributed by atoms with Crippen LogP contribution in [-0.2, 0) is 10.2 Å². The van der Waals surface area contributed by atoms with Crippen molar-refractivity contribution in [3.63, 3.8) is 0 Å². The van der Waals surface area contributed by atoms with Gasteiger partial charge in [-0.1, -0.05) is 0 Å². The van der Waals surface area contributed by atoms with E-state index in [1.165, 1.54) is 33.8 Å². The van der Waals surface area contributed by atoms with Crippen LogP contribution in [0.1, 0.15) is 42.3 Å². The molecule has 0 saturated heterocycles. The number of phenolic OH excluding ortho intramolecular Hbond substituents is 2. The summed E-state index contributed by atoms with van der Waals surface area (Å²) >= 11 is 0. The Morgan fingerprint density at radius 1 is 1.24 bits per heavy atom. The third kappa shape index (κ3) is 1.96. The van der Waals surface area contributed by atoms with Gasteiger partial charge in [-0.3, -0.25) is 9.59 Å². The Morgan fingerprint density at radius 2 is 1.84 bits per heavy atom. The number of Topliss-reactive ketones (excluding diaryl/α,β-unsaturated/α-hetero) is 2. The first kappa shape index (κ1) is 17.0. The van der Waals surface area contributed by atoms with E-state index in [9.17, 15) is 30.0 Å². The molecule has 2 atom stereocenters. The number of carbonyl (C=O) groups is 2. The molecule has 2 unspecified atom stereocenters. The lowest BCUT2D eigenvalue weighted by Gasteiger charge is -2.29. The first-order valence-electron chi connectivity index (χ1n) is 7.69. The Morgan fingerprint density at radius 3 is 2.36 bits per heavy atom. The zero-order valence-electron chi connectivity index (χ0n) is 14.2. The van der Waals surface area contributed by atoms with Crippen molar-refractivity contribution >= 4 is 11.6 Å². The van der Waals surface area contributed by atoms with Crippen LogP contribution >= 0.6 is 0 Å². The molecule has 0 saturated carbocycles. The summed E-state index contributed by atoms with van der Waals surface area (Å²) in [6, 6.07) is 0. The lowest BCUT2D eigenvalue weighted by molar-refractivity contribution is -0.120. The molecule has 132 valence electrons. The van der Waals surface area contributed by atoms with Crippen LogP contribution in [0.2, 0.25) is 0 Å². The SMILES string of the molecule is CC(=O)c1c(O)c(C)c(O)c2c1OC1=CC(O)=C(C(C)O)C(=O)C12C. The maximum atomic E-state index is 13.0. The highest BCUT2D eigenvalue weighted by Gasteiger charge is 2.55. The number of allylic oxidation sites excluding steroid dienone is 2. The van der Waals surface area contributed by atoms with E-state index in [1.54, 1.807) is 0 Å². The van der Waals surface area contributed by atoms with E-state index in [4.69, 9.17) is 4.74 Å². The molecule has 1 aromatic rings. The maximum Gasteiger partial charge on any atom is 0.183 e. The number of hydrogen-bond acceptors (Lipinski definition) is 7. The van der Waals surface area contributed by atoms with Gasteiger partial charge in [0.25, 0.3) is 0 Å². The van der Waals surface area contributed by atoms with E-state index in [1.807, 2.05) is 0 Å². The number of carbonyl (C=O) groups excluding carboxylic acids is 2. The van der Waals surface area contributed by atoms with Crippen molar-refractivity contribution in [1.82, 2.24) is 0 Å². The van der Waals surface area contributed by atoms with Crippen LogP contribution in [0, 0.1) is 6.92 Å². The van der Waals surface area contributed by atoms with Gasteiger partial charge in [-0.25, -0.2) is 0 Å². The van der Waals surface area contributed by atoms with Crippen LogP contribution in [0.25, 0.3) is 0 Å². The molecule has 4 N–H and O–H groups in total. The van der Waals surface area contributed by atoms with Gasteiger partial charge in [0.15, 0.2) is 11.6 Å². The highest BCUT2D eigenvalue weighted by Crippen LogP contribution is 2.57. The van der Waals surface area contributed by atoms with Gasteiger partial charge in [0.1, 0.15) is 39.7 Å². The van der Waals surface area contributed by atoms with E-state index in [2.05, 4.69) is 0 Å². The van der Waals surface area contributed by atoms with Crippen LogP contribution in [0.4, 0.5) is 0 Å². The van der Waals surface area contributed by atoms with Gasteiger partial charge in [0, 0.05) is 11.6 Å². The summed E-state index contributed by atoms with van der Waals surface area (Å²) in [5, 5.41) is 40.7. The van der Waals surface area contributed by atoms with Gasteiger partial charge >= 0.3 is 0 Å². The lowest BCUT2D eigenvalue weighted by Crippen LogP contribution is -2.39. The van der Waals surface area contributed by atoms with Crippen LogP contribution in [0.15, 0.2) is 23.2 Å². The molecule has 0 amide bonds. The van der Waals surface area contributed by atoms with Gasteiger partial charge < -0.3 is 25.2 Å². The Kier molecular flexibility index (Phi) is 3.47. The molecule has 1 aliphatic heterocycles. The van der Waals surface area contributed by atoms with Gasteiger partial charge in [-0.2, -0.15) is 0 Å². The minimum absolute atomic E-state index is 0.0113. The molecule has 0 spiro atoms. The summed E-state index contributed by atoms with van der Waals surface area (Å²) in [4.78, 5) is 25.0. The third-order valence-electron chi connectivity index (χ3n) is 4.86. The number of aliphatic hydroxyl groups excluding tert-OH is 2. The molecule has 3 rings (SSSR count). The van der Waals surface area contributed by atoms with Crippen molar-refractivity contribution in [3.8, 4) is 17.2 Å². The molecule has 7 nitrogen and oxygen atoms in total. The van der Waals surface area contributed by atoms with E-state index in [0.29, 0.717) is 0 Å². The lowest BCUT2D eigenvalue weighted by atomic mass is 9.70. The highest BCUT2D eigenvalue weighted by atomic mass is 16.5. The summed E-state index contributed by atoms with van der Waals surface area (Å²) < 4.78 is 5.62. The monoisotopic (exact) mass is 346 g/mol. The van der Waals surface area contributed by atoms with Crippen molar-refractivity contribution in [3.05, 3.63) is 39.9 Å². The number of phenols is 2. The Labute approximate surface area is 143 Å². The molecular formula is C18H18O7. The van der Waals surface area contributed by atoms with Gasteiger partial charge in [-0.15, -0.1) is 0 Å². The second kappa shape index (κ2) is 5.10. The highest BCUT2D eigenvalue weighted by molar-refractivity contribution is 6.11. The Balaban J connectivity index is 2.40. The molecule has 2 aliphatic rings. The number of benzene rings is 1. The quantitative estimate of drug-likeness (QED) is 0.603. The minimum Gasteiger partial charge on any atom is -0.507 e. The predicted molar refractivity (Wildman–Crippen MR) is 86.9 cm³/mol. The fourth-order valence-corrected chi connectivity index (χ4v) is 3.45. The van der Waals surface area contributed by atoms with E-state index >= 15 is 0 Å². The smallest absolute Gasteiger partial charge is 0.183 e. The maximum absolute atomic E-state index is 13.0.